The SMILES string of the molecule is O=C(Cc1cccc(F)c1)NCc1ncc[nH]1. The van der Waals surface area contributed by atoms with E-state index < -0.39 is 0 Å². The molecule has 0 aliphatic heterocycles. The molecule has 17 heavy (non-hydrogen) atoms. The highest BCUT2D eigenvalue weighted by atomic mass is 19.1. The molecule has 0 radical (unpaired) electrons. The first-order valence-corrected chi connectivity index (χ1v) is 5.23. The van der Waals surface area contributed by atoms with Gasteiger partial charge in [0.05, 0.1) is 13.0 Å². The Hall–Kier alpha value is -2.17. The first kappa shape index (κ1) is 11.3. The van der Waals surface area contributed by atoms with Crippen molar-refractivity contribution in [2.75, 3.05) is 0 Å². The summed E-state index contributed by atoms with van der Waals surface area (Å²) in [6.07, 6.45) is 3.47. The molecule has 0 atom stereocenters. The van der Waals surface area contributed by atoms with E-state index in [9.17, 15) is 9.18 Å². The van der Waals surface area contributed by atoms with Gasteiger partial charge in [-0.1, -0.05) is 12.1 Å². The fraction of sp³-hybridized carbons (Fsp3) is 0.167. The lowest BCUT2D eigenvalue weighted by atomic mass is 10.1. The number of imidazole rings is 1. The van der Waals surface area contributed by atoms with Gasteiger partial charge in [-0.2, -0.15) is 0 Å². The first-order valence-electron chi connectivity index (χ1n) is 5.23. The lowest BCUT2D eigenvalue weighted by Gasteiger charge is -2.03. The number of aromatic nitrogens is 2. The van der Waals surface area contributed by atoms with Crippen molar-refractivity contribution in [2.45, 2.75) is 13.0 Å². The number of carbonyl (C=O) groups excluding carboxylic acids is 1. The van der Waals surface area contributed by atoms with Gasteiger partial charge in [0, 0.05) is 12.4 Å². The quantitative estimate of drug-likeness (QED) is 0.838. The second-order valence-corrected chi connectivity index (χ2v) is 3.62. The number of rotatable bonds is 4. The minimum Gasteiger partial charge on any atom is -0.349 e. The summed E-state index contributed by atoms with van der Waals surface area (Å²) < 4.78 is 12.9. The molecule has 88 valence electrons. The van der Waals surface area contributed by atoms with E-state index in [0.29, 0.717) is 17.9 Å². The predicted octanol–water partition coefficient (Wildman–Crippen LogP) is 1.41. The summed E-state index contributed by atoms with van der Waals surface area (Å²) >= 11 is 0. The van der Waals surface area contributed by atoms with E-state index in [-0.39, 0.29) is 18.1 Å². The number of nitrogens with zero attached hydrogens (tertiary/aromatic N) is 1. The van der Waals surface area contributed by atoms with Crippen LogP contribution in [0.5, 0.6) is 0 Å². The highest BCUT2D eigenvalue weighted by Gasteiger charge is 2.04. The van der Waals surface area contributed by atoms with Crippen LogP contribution in [0, 0.1) is 5.82 Å². The topological polar surface area (TPSA) is 57.8 Å². The Morgan fingerprint density at radius 1 is 1.47 bits per heavy atom. The number of halogens is 1. The molecule has 0 aliphatic rings. The molecule has 4 nitrogen and oxygen atoms in total. The molecule has 2 rings (SSSR count). The van der Waals surface area contributed by atoms with Gasteiger partial charge in [-0.05, 0) is 17.7 Å². The van der Waals surface area contributed by atoms with Crippen LogP contribution in [0.15, 0.2) is 36.7 Å². The minimum atomic E-state index is -0.332. The van der Waals surface area contributed by atoms with Gasteiger partial charge in [-0.15, -0.1) is 0 Å². The maximum Gasteiger partial charge on any atom is 0.224 e. The van der Waals surface area contributed by atoms with Crippen molar-refractivity contribution in [2.24, 2.45) is 0 Å². The predicted molar refractivity (Wildman–Crippen MR) is 60.5 cm³/mol. The Labute approximate surface area is 97.9 Å². The van der Waals surface area contributed by atoms with E-state index in [0.717, 1.165) is 0 Å². The van der Waals surface area contributed by atoms with Crippen molar-refractivity contribution >= 4 is 5.91 Å². The van der Waals surface area contributed by atoms with Gasteiger partial charge < -0.3 is 10.3 Å². The van der Waals surface area contributed by atoms with Crippen LogP contribution in [0.1, 0.15) is 11.4 Å². The van der Waals surface area contributed by atoms with E-state index in [1.54, 1.807) is 24.5 Å². The maximum atomic E-state index is 12.9. The molecule has 0 saturated heterocycles. The zero-order valence-corrected chi connectivity index (χ0v) is 9.11. The molecular weight excluding hydrogens is 221 g/mol. The standard InChI is InChI=1S/C12H12FN3O/c13-10-3-1-2-9(6-10)7-12(17)16-8-11-14-4-5-15-11/h1-6H,7-8H2,(H,14,15)(H,16,17). The third-order valence-electron chi connectivity index (χ3n) is 2.26. The second kappa shape index (κ2) is 5.25. The van der Waals surface area contributed by atoms with Gasteiger partial charge in [0.15, 0.2) is 0 Å². The number of nitrogens with one attached hydrogen (secondary N) is 2. The first-order chi connectivity index (χ1) is 8.24. The van der Waals surface area contributed by atoms with E-state index in [1.807, 2.05) is 0 Å². The zero-order chi connectivity index (χ0) is 12.1. The fourth-order valence-electron chi connectivity index (χ4n) is 1.47. The van der Waals surface area contributed by atoms with E-state index in [2.05, 4.69) is 15.3 Å². The lowest BCUT2D eigenvalue weighted by molar-refractivity contribution is -0.120. The molecule has 5 heteroatoms. The molecular formula is C12H12FN3O. The number of H-pyrrole nitrogens is 1. The molecule has 1 aromatic carbocycles. The molecule has 0 bridgehead atoms. The largest absolute Gasteiger partial charge is 0.349 e. The van der Waals surface area contributed by atoms with Crippen LogP contribution in [0.4, 0.5) is 4.39 Å². The third-order valence-corrected chi connectivity index (χ3v) is 2.26. The summed E-state index contributed by atoms with van der Waals surface area (Å²) in [5, 5.41) is 2.70. The number of hydrogen-bond donors (Lipinski definition) is 2. The molecule has 0 saturated carbocycles. The van der Waals surface area contributed by atoms with Gasteiger partial charge in [-0.3, -0.25) is 4.79 Å². The van der Waals surface area contributed by atoms with Gasteiger partial charge in [0.1, 0.15) is 11.6 Å². The number of hydrogen-bond acceptors (Lipinski definition) is 2. The van der Waals surface area contributed by atoms with Crippen LogP contribution >= 0.6 is 0 Å². The number of benzene rings is 1. The van der Waals surface area contributed by atoms with Crippen molar-refractivity contribution in [1.29, 1.82) is 0 Å². The van der Waals surface area contributed by atoms with Gasteiger partial charge >= 0.3 is 0 Å². The zero-order valence-electron chi connectivity index (χ0n) is 9.11. The monoisotopic (exact) mass is 233 g/mol. The van der Waals surface area contributed by atoms with Crippen molar-refractivity contribution in [3.05, 3.63) is 53.9 Å². The highest BCUT2D eigenvalue weighted by molar-refractivity contribution is 5.78. The van der Waals surface area contributed by atoms with Gasteiger partial charge in [0.25, 0.3) is 0 Å². The molecule has 1 aromatic heterocycles. The number of aromatic amines is 1. The molecule has 1 amide bonds. The fourth-order valence-corrected chi connectivity index (χ4v) is 1.47. The average Bonchev–Trinajstić information content (AvgIpc) is 2.79. The van der Waals surface area contributed by atoms with Crippen LogP contribution < -0.4 is 5.32 Å². The molecule has 1 heterocycles. The van der Waals surface area contributed by atoms with Gasteiger partial charge in [0.2, 0.25) is 5.91 Å². The second-order valence-electron chi connectivity index (χ2n) is 3.62. The highest BCUT2D eigenvalue weighted by Crippen LogP contribution is 2.04. The molecule has 2 N–H and O–H groups in total. The average molecular weight is 233 g/mol. The minimum absolute atomic E-state index is 0.160. The maximum absolute atomic E-state index is 12.9. The van der Waals surface area contributed by atoms with Crippen molar-refractivity contribution in [3.8, 4) is 0 Å². The van der Waals surface area contributed by atoms with Crippen LogP contribution in [0.3, 0.4) is 0 Å². The normalized spacial score (nSPS) is 10.2. The summed E-state index contributed by atoms with van der Waals surface area (Å²) in [5.74, 6) is 0.200. The molecule has 0 fully saturated rings. The van der Waals surface area contributed by atoms with E-state index >= 15 is 0 Å². The Morgan fingerprint density at radius 3 is 3.06 bits per heavy atom. The van der Waals surface area contributed by atoms with Crippen molar-refractivity contribution in [1.82, 2.24) is 15.3 Å². The number of amides is 1. The Morgan fingerprint density at radius 2 is 2.35 bits per heavy atom. The summed E-state index contributed by atoms with van der Waals surface area (Å²) in [7, 11) is 0. The molecule has 0 spiro atoms. The van der Waals surface area contributed by atoms with Crippen LogP contribution in [-0.4, -0.2) is 15.9 Å². The van der Waals surface area contributed by atoms with Crippen LogP contribution in [0.25, 0.3) is 0 Å². The third kappa shape index (κ3) is 3.41. The summed E-state index contributed by atoms with van der Waals surface area (Å²) in [6, 6.07) is 6.01. The van der Waals surface area contributed by atoms with Crippen molar-refractivity contribution in [3.63, 3.8) is 0 Å². The number of carbonyl (C=O) groups is 1. The molecule has 0 aliphatic carbocycles. The molecule has 0 unspecified atom stereocenters. The van der Waals surface area contributed by atoms with Crippen LogP contribution in [0.2, 0.25) is 0 Å². The Balaban J connectivity index is 1.85. The summed E-state index contributed by atoms with van der Waals surface area (Å²) in [4.78, 5) is 18.4. The smallest absolute Gasteiger partial charge is 0.224 e. The van der Waals surface area contributed by atoms with Crippen LogP contribution in [-0.2, 0) is 17.8 Å². The Bertz CT molecular complexity index is 496. The summed E-state index contributed by atoms with van der Waals surface area (Å²) in [5.41, 5.74) is 0.655. The Kier molecular flexibility index (Phi) is 3.49. The van der Waals surface area contributed by atoms with Gasteiger partial charge in [-0.25, -0.2) is 9.37 Å². The van der Waals surface area contributed by atoms with Crippen molar-refractivity contribution < 1.29 is 9.18 Å². The van der Waals surface area contributed by atoms with E-state index in [4.69, 9.17) is 0 Å². The van der Waals surface area contributed by atoms with E-state index in [1.165, 1.54) is 12.1 Å². The summed E-state index contributed by atoms with van der Waals surface area (Å²) in [6.45, 7) is 0.348. The molecule has 2 aromatic rings. The lowest BCUT2D eigenvalue weighted by Crippen LogP contribution is -2.25.